The van der Waals surface area contributed by atoms with Gasteiger partial charge < -0.3 is 29.5 Å². The Kier molecular flexibility index (Phi) is 7.38. The molecular formula is C35H42N4O5. The molecule has 0 radical (unpaired) electrons. The number of aliphatic hydroxyl groups excluding tert-OH is 3. The molecule has 0 bridgehead atoms. The number of imidazole rings is 1. The van der Waals surface area contributed by atoms with Gasteiger partial charge in [0.25, 0.3) is 0 Å². The fraction of sp³-hybridized carbons (Fsp3) is 0.514. The first-order valence-corrected chi connectivity index (χ1v) is 15.9. The molecule has 3 N–H and O–H groups in total. The molecule has 0 spiro atoms. The number of anilines is 1. The minimum absolute atomic E-state index is 0.0195. The summed E-state index contributed by atoms with van der Waals surface area (Å²) in [5.74, 6) is 1.00. The molecule has 4 heterocycles. The molecule has 5 aliphatic rings. The number of ether oxygens (including phenoxy) is 1. The van der Waals surface area contributed by atoms with Crippen LogP contribution >= 0.6 is 0 Å². The number of cyclic esters (lactones) is 1. The highest BCUT2D eigenvalue weighted by Crippen LogP contribution is 2.61. The van der Waals surface area contributed by atoms with Gasteiger partial charge in [-0.3, -0.25) is 0 Å². The number of aliphatic hydroxyl groups is 3. The summed E-state index contributed by atoms with van der Waals surface area (Å²) in [5, 5.41) is 31.3. The van der Waals surface area contributed by atoms with E-state index in [1.165, 1.54) is 0 Å². The van der Waals surface area contributed by atoms with Crippen LogP contribution < -0.4 is 4.90 Å². The van der Waals surface area contributed by atoms with Gasteiger partial charge in [0.1, 0.15) is 5.76 Å². The summed E-state index contributed by atoms with van der Waals surface area (Å²) >= 11 is 0. The maximum Gasteiger partial charge on any atom is 0.343 e. The van der Waals surface area contributed by atoms with Crippen molar-refractivity contribution in [3.05, 3.63) is 71.8 Å². The first kappa shape index (κ1) is 29.2. The van der Waals surface area contributed by atoms with E-state index in [2.05, 4.69) is 39.6 Å². The SMILES string of the molecule is C[C@]12CC[C@@H](O)[C@@](C)(CO)C1CC1=Nc3nccn3CC1C2C=CC1=CC(=Cc2ccc(N3CCCC3CO)cc2)OC1=O. The Labute approximate surface area is 258 Å². The van der Waals surface area contributed by atoms with E-state index in [4.69, 9.17) is 9.73 Å². The maximum atomic E-state index is 13.0. The second-order valence-electron chi connectivity index (χ2n) is 13.8. The third-order valence-electron chi connectivity index (χ3n) is 11.4. The normalized spacial score (nSPS) is 35.8. The molecule has 9 heteroatoms. The van der Waals surface area contributed by atoms with Gasteiger partial charge in [-0.25, -0.2) is 14.8 Å². The van der Waals surface area contributed by atoms with Gasteiger partial charge in [0.2, 0.25) is 5.95 Å². The van der Waals surface area contributed by atoms with Crippen LogP contribution in [0.5, 0.6) is 0 Å². The second-order valence-corrected chi connectivity index (χ2v) is 13.8. The second kappa shape index (κ2) is 11.1. The lowest BCUT2D eigenvalue weighted by Gasteiger charge is -2.61. The Morgan fingerprint density at radius 3 is 2.75 bits per heavy atom. The van der Waals surface area contributed by atoms with E-state index < -0.39 is 11.5 Å². The van der Waals surface area contributed by atoms with Gasteiger partial charge in [0.15, 0.2) is 0 Å². The van der Waals surface area contributed by atoms with Crippen LogP contribution in [0.2, 0.25) is 0 Å². The number of hydrogen-bond donors (Lipinski definition) is 3. The Bertz CT molecular complexity index is 1560. The van der Waals surface area contributed by atoms with E-state index in [-0.39, 0.29) is 48.4 Å². The van der Waals surface area contributed by atoms with Gasteiger partial charge in [0.05, 0.1) is 30.9 Å². The number of aromatic nitrogens is 2. The number of hydrogen-bond acceptors (Lipinski definition) is 8. The summed E-state index contributed by atoms with van der Waals surface area (Å²) in [5.41, 5.74) is 2.73. The van der Waals surface area contributed by atoms with E-state index in [1.54, 1.807) is 12.3 Å². The fourth-order valence-corrected chi connectivity index (χ4v) is 8.74. The lowest BCUT2D eigenvalue weighted by atomic mass is 9.45. The zero-order valence-electron chi connectivity index (χ0n) is 25.5. The van der Waals surface area contributed by atoms with Crippen LogP contribution in [-0.4, -0.2) is 68.5 Å². The van der Waals surface area contributed by atoms with Crippen LogP contribution in [0.25, 0.3) is 6.08 Å². The smallest absolute Gasteiger partial charge is 0.343 e. The van der Waals surface area contributed by atoms with Crippen molar-refractivity contribution in [3.63, 3.8) is 0 Å². The minimum atomic E-state index is -0.649. The molecule has 7 atom stereocenters. The van der Waals surface area contributed by atoms with Crippen LogP contribution in [0.3, 0.4) is 0 Å². The third-order valence-corrected chi connectivity index (χ3v) is 11.4. The summed E-state index contributed by atoms with van der Waals surface area (Å²) in [6.07, 6.45) is 15.1. The molecule has 4 unspecified atom stereocenters. The standard InChI is InChI=1S/C35H42N4O5/c1-34-12-11-31(42)35(2,21-41)30(34)18-29-27(19-38-15-13-36-33(38)37-29)28(34)10-7-23-17-26(44-32(23)43)16-22-5-8-24(9-6-22)39-14-3-4-25(39)20-40/h5-10,13,15-17,25,27-28,30-31,40-42H,3-4,11-12,14,18-21H2,1-2H3/t25?,27?,28?,30?,31-,34-,35+/m1/s1. The number of benzene rings is 1. The van der Waals surface area contributed by atoms with Crippen LogP contribution in [0.1, 0.15) is 51.5 Å². The Morgan fingerprint density at radius 1 is 1.16 bits per heavy atom. The predicted octanol–water partition coefficient (Wildman–Crippen LogP) is 4.42. The summed E-state index contributed by atoms with van der Waals surface area (Å²) in [7, 11) is 0. The van der Waals surface area contributed by atoms with Gasteiger partial charge in [-0.15, -0.1) is 0 Å². The van der Waals surface area contributed by atoms with Crippen molar-refractivity contribution in [1.29, 1.82) is 0 Å². The highest BCUT2D eigenvalue weighted by atomic mass is 16.5. The highest BCUT2D eigenvalue weighted by Gasteiger charge is 2.60. The number of esters is 1. The molecule has 2 aliphatic carbocycles. The summed E-state index contributed by atoms with van der Waals surface area (Å²) in [6.45, 7) is 6.05. The number of nitrogens with zero attached hydrogens (tertiary/aromatic N) is 4. The molecular weight excluding hydrogens is 556 g/mol. The van der Waals surface area contributed by atoms with Crippen LogP contribution in [-0.2, 0) is 16.1 Å². The summed E-state index contributed by atoms with van der Waals surface area (Å²) in [6, 6.07) is 8.30. The van der Waals surface area contributed by atoms with Crippen molar-refractivity contribution in [3.8, 4) is 0 Å². The lowest BCUT2D eigenvalue weighted by molar-refractivity contribution is -0.147. The number of allylic oxidation sites excluding steroid dienone is 2. The zero-order valence-corrected chi connectivity index (χ0v) is 25.5. The molecule has 9 nitrogen and oxygen atoms in total. The van der Waals surface area contributed by atoms with Gasteiger partial charge in [-0.2, -0.15) is 0 Å². The van der Waals surface area contributed by atoms with E-state index in [0.29, 0.717) is 30.1 Å². The van der Waals surface area contributed by atoms with Crippen molar-refractivity contribution in [2.75, 3.05) is 24.7 Å². The number of carbonyl (C=O) groups excluding carboxylic acids is 1. The monoisotopic (exact) mass is 598 g/mol. The van der Waals surface area contributed by atoms with Crippen molar-refractivity contribution in [2.45, 2.75) is 64.6 Å². The van der Waals surface area contributed by atoms with Gasteiger partial charge in [0, 0.05) is 48.2 Å². The number of carbonyl (C=O) groups is 1. The number of rotatable bonds is 6. The third kappa shape index (κ3) is 4.76. The Hall–Kier alpha value is -3.53. The van der Waals surface area contributed by atoms with Gasteiger partial charge in [-0.05, 0) is 79.2 Å². The predicted molar refractivity (Wildman–Crippen MR) is 168 cm³/mol. The average Bonchev–Trinajstić information content (AvgIpc) is 3.77. The summed E-state index contributed by atoms with van der Waals surface area (Å²) < 4.78 is 7.74. The summed E-state index contributed by atoms with van der Waals surface area (Å²) in [4.78, 5) is 24.6. The molecule has 44 heavy (non-hydrogen) atoms. The molecule has 3 fully saturated rings. The molecule has 0 amide bonds. The fourth-order valence-electron chi connectivity index (χ4n) is 8.74. The molecule has 1 aromatic carbocycles. The molecule has 232 valence electrons. The van der Waals surface area contributed by atoms with E-state index in [9.17, 15) is 20.1 Å². The zero-order chi connectivity index (χ0) is 30.6. The minimum Gasteiger partial charge on any atom is -0.423 e. The van der Waals surface area contributed by atoms with Crippen LogP contribution in [0.4, 0.5) is 11.6 Å². The quantitative estimate of drug-likeness (QED) is 0.421. The van der Waals surface area contributed by atoms with Crippen molar-refractivity contribution < 1.29 is 24.9 Å². The van der Waals surface area contributed by atoms with E-state index in [0.717, 1.165) is 49.3 Å². The van der Waals surface area contributed by atoms with Crippen LogP contribution in [0, 0.1) is 28.6 Å². The van der Waals surface area contributed by atoms with Crippen molar-refractivity contribution >= 4 is 29.4 Å². The molecule has 3 aliphatic heterocycles. The topological polar surface area (TPSA) is 120 Å². The average molecular weight is 599 g/mol. The van der Waals surface area contributed by atoms with E-state index in [1.807, 2.05) is 37.4 Å². The highest BCUT2D eigenvalue weighted by molar-refractivity contribution is 5.96. The van der Waals surface area contributed by atoms with Crippen molar-refractivity contribution in [1.82, 2.24) is 9.55 Å². The maximum absolute atomic E-state index is 13.0. The van der Waals surface area contributed by atoms with Gasteiger partial charge >= 0.3 is 5.97 Å². The number of fused-ring (bicyclic) bond motifs is 3. The Morgan fingerprint density at radius 2 is 1.98 bits per heavy atom. The first-order chi connectivity index (χ1) is 21.2. The van der Waals surface area contributed by atoms with Crippen molar-refractivity contribution in [2.24, 2.45) is 33.6 Å². The molecule has 7 rings (SSSR count). The van der Waals surface area contributed by atoms with Gasteiger partial charge in [-0.1, -0.05) is 38.1 Å². The van der Waals surface area contributed by atoms with E-state index >= 15 is 0 Å². The molecule has 1 saturated heterocycles. The number of aliphatic imine (C=N–C) groups is 1. The molecule has 1 aromatic heterocycles. The largest absolute Gasteiger partial charge is 0.423 e. The first-order valence-electron chi connectivity index (χ1n) is 15.9. The molecule has 2 aromatic rings. The Balaban J connectivity index is 1.17. The van der Waals surface area contributed by atoms with Crippen LogP contribution in [0.15, 0.2) is 71.2 Å². The lowest BCUT2D eigenvalue weighted by Crippen LogP contribution is -2.60. The molecule has 2 saturated carbocycles.